The lowest BCUT2D eigenvalue weighted by Gasteiger charge is -2.03. The first-order chi connectivity index (χ1) is 9.63. The second-order valence-electron chi connectivity index (χ2n) is 3.13. The van der Waals surface area contributed by atoms with E-state index in [0.29, 0.717) is 16.6 Å². The summed E-state index contributed by atoms with van der Waals surface area (Å²) in [4.78, 5) is 11.4. The molecule has 1 amide bonds. The van der Waals surface area contributed by atoms with Crippen molar-refractivity contribution in [3.8, 4) is 11.8 Å². The van der Waals surface area contributed by atoms with Crippen LogP contribution in [0.3, 0.4) is 0 Å². The van der Waals surface area contributed by atoms with Gasteiger partial charge < -0.3 is 5.32 Å². The summed E-state index contributed by atoms with van der Waals surface area (Å²) in [5.41, 5.74) is 0.830. The van der Waals surface area contributed by atoms with Crippen LogP contribution in [0.5, 0.6) is 0 Å². The Morgan fingerprint density at radius 1 is 1.15 bits per heavy atom. The van der Waals surface area contributed by atoms with Crippen LogP contribution in [-0.4, -0.2) is 12.5 Å². The SMILES string of the molecule is CC.CC.CC#CCNC(=O)Cc1ccc(Cl)c(Cl)c1. The zero-order chi connectivity index (χ0) is 16.0. The van der Waals surface area contributed by atoms with Crippen molar-refractivity contribution in [2.24, 2.45) is 0 Å². The van der Waals surface area contributed by atoms with E-state index in [4.69, 9.17) is 23.2 Å². The summed E-state index contributed by atoms with van der Waals surface area (Å²) < 4.78 is 0. The summed E-state index contributed by atoms with van der Waals surface area (Å²) in [6, 6.07) is 5.15. The number of halogens is 2. The highest BCUT2D eigenvalue weighted by Crippen LogP contribution is 2.22. The zero-order valence-electron chi connectivity index (χ0n) is 12.8. The van der Waals surface area contributed by atoms with Crippen LogP contribution in [0.15, 0.2) is 18.2 Å². The normalized spacial score (nSPS) is 7.95. The predicted octanol–water partition coefficient (Wildman–Crippen LogP) is 4.73. The summed E-state index contributed by atoms with van der Waals surface area (Å²) in [5, 5.41) is 3.62. The first-order valence-corrected chi connectivity index (χ1v) is 7.49. The van der Waals surface area contributed by atoms with Gasteiger partial charge in [-0.05, 0) is 24.6 Å². The zero-order valence-corrected chi connectivity index (χ0v) is 14.3. The molecule has 0 aliphatic heterocycles. The number of rotatable bonds is 3. The number of hydrogen-bond donors (Lipinski definition) is 1. The van der Waals surface area contributed by atoms with Crippen molar-refractivity contribution < 1.29 is 4.79 Å². The largest absolute Gasteiger partial charge is 0.345 e. The smallest absolute Gasteiger partial charge is 0.225 e. The first kappa shape index (κ1) is 21.1. The minimum atomic E-state index is -0.0823. The van der Waals surface area contributed by atoms with E-state index in [-0.39, 0.29) is 12.3 Å². The fraction of sp³-hybridized carbons (Fsp3) is 0.438. The quantitative estimate of drug-likeness (QED) is 0.803. The fourth-order valence-electron chi connectivity index (χ4n) is 1.13. The third kappa shape index (κ3) is 9.72. The minimum absolute atomic E-state index is 0.0823. The van der Waals surface area contributed by atoms with Crippen LogP contribution in [-0.2, 0) is 11.2 Å². The average Bonchev–Trinajstić information content (AvgIpc) is 2.47. The van der Waals surface area contributed by atoms with Crippen molar-refractivity contribution in [2.45, 2.75) is 41.0 Å². The molecular formula is C16H23Cl2NO. The molecule has 20 heavy (non-hydrogen) atoms. The van der Waals surface area contributed by atoms with Crippen molar-refractivity contribution >= 4 is 29.1 Å². The Morgan fingerprint density at radius 2 is 1.75 bits per heavy atom. The number of carbonyl (C=O) groups excluding carboxylic acids is 1. The minimum Gasteiger partial charge on any atom is -0.345 e. The van der Waals surface area contributed by atoms with Crippen molar-refractivity contribution in [1.82, 2.24) is 5.32 Å². The van der Waals surface area contributed by atoms with Crippen molar-refractivity contribution in [3.63, 3.8) is 0 Å². The molecular weight excluding hydrogens is 293 g/mol. The molecule has 0 heterocycles. The van der Waals surface area contributed by atoms with Crippen molar-refractivity contribution in [3.05, 3.63) is 33.8 Å². The standard InChI is InChI=1S/C12H11Cl2NO.2C2H6/c1-2-3-6-15-12(16)8-9-4-5-10(13)11(14)7-9;2*1-2/h4-5,7H,6,8H2,1H3,(H,15,16);2*1-2H3. The molecule has 0 atom stereocenters. The topological polar surface area (TPSA) is 29.1 Å². The molecule has 0 saturated heterocycles. The van der Waals surface area contributed by atoms with Gasteiger partial charge >= 0.3 is 0 Å². The van der Waals surface area contributed by atoms with Crippen LogP contribution in [0.2, 0.25) is 10.0 Å². The summed E-state index contributed by atoms with van der Waals surface area (Å²) >= 11 is 11.6. The Hall–Kier alpha value is -1.17. The van der Waals surface area contributed by atoms with E-state index >= 15 is 0 Å². The van der Waals surface area contributed by atoms with Crippen LogP contribution in [0, 0.1) is 11.8 Å². The summed E-state index contributed by atoms with van der Waals surface area (Å²) in [6.07, 6.45) is 0.280. The van der Waals surface area contributed by atoms with Gasteiger partial charge in [-0.25, -0.2) is 0 Å². The van der Waals surface area contributed by atoms with Gasteiger partial charge in [0.1, 0.15) is 0 Å². The van der Waals surface area contributed by atoms with Crippen LogP contribution < -0.4 is 5.32 Å². The van der Waals surface area contributed by atoms with Crippen LogP contribution in [0.4, 0.5) is 0 Å². The molecule has 2 nitrogen and oxygen atoms in total. The predicted molar refractivity (Wildman–Crippen MR) is 89.3 cm³/mol. The van der Waals surface area contributed by atoms with Crippen molar-refractivity contribution in [1.29, 1.82) is 0 Å². The number of carbonyl (C=O) groups is 1. The molecule has 4 heteroatoms. The Morgan fingerprint density at radius 3 is 2.25 bits per heavy atom. The maximum atomic E-state index is 11.4. The lowest BCUT2D eigenvalue weighted by atomic mass is 10.1. The van der Waals surface area contributed by atoms with Crippen LogP contribution >= 0.6 is 23.2 Å². The second kappa shape index (κ2) is 14.2. The molecule has 0 saturated carbocycles. The molecule has 1 aromatic carbocycles. The maximum Gasteiger partial charge on any atom is 0.225 e. The molecule has 0 unspecified atom stereocenters. The molecule has 0 aromatic heterocycles. The van der Waals surface area contributed by atoms with E-state index in [1.165, 1.54) is 0 Å². The number of hydrogen-bond acceptors (Lipinski definition) is 1. The lowest BCUT2D eigenvalue weighted by Crippen LogP contribution is -2.25. The summed E-state index contributed by atoms with van der Waals surface area (Å²) in [5.74, 6) is 5.37. The Balaban J connectivity index is 0. The van der Waals surface area contributed by atoms with E-state index in [1.807, 2.05) is 27.7 Å². The summed E-state index contributed by atoms with van der Waals surface area (Å²) in [6.45, 7) is 10.1. The average molecular weight is 316 g/mol. The van der Waals surface area contributed by atoms with Crippen molar-refractivity contribution in [2.75, 3.05) is 6.54 Å². The molecule has 1 aromatic rings. The van der Waals surface area contributed by atoms with E-state index in [9.17, 15) is 4.79 Å². The van der Waals surface area contributed by atoms with Gasteiger partial charge in [0.15, 0.2) is 0 Å². The Kier molecular flexibility index (Phi) is 15.1. The molecule has 0 aliphatic rings. The highest BCUT2D eigenvalue weighted by Gasteiger charge is 2.04. The van der Waals surface area contributed by atoms with Gasteiger partial charge in [-0.2, -0.15) is 0 Å². The monoisotopic (exact) mass is 315 g/mol. The molecule has 0 bridgehead atoms. The maximum absolute atomic E-state index is 11.4. The van der Waals surface area contributed by atoms with E-state index < -0.39 is 0 Å². The third-order valence-electron chi connectivity index (χ3n) is 1.90. The van der Waals surface area contributed by atoms with Gasteiger partial charge in [0.05, 0.1) is 23.0 Å². The van der Waals surface area contributed by atoms with E-state index in [1.54, 1.807) is 25.1 Å². The first-order valence-electron chi connectivity index (χ1n) is 6.73. The van der Waals surface area contributed by atoms with Crippen LogP contribution in [0.1, 0.15) is 40.2 Å². The van der Waals surface area contributed by atoms with Gasteiger partial charge in [0.2, 0.25) is 5.91 Å². The van der Waals surface area contributed by atoms with Gasteiger partial charge in [0, 0.05) is 0 Å². The molecule has 0 aliphatic carbocycles. The van der Waals surface area contributed by atoms with Gasteiger partial charge in [-0.15, -0.1) is 5.92 Å². The molecule has 0 radical (unpaired) electrons. The van der Waals surface area contributed by atoms with Gasteiger partial charge in [-0.1, -0.05) is 62.9 Å². The highest BCUT2D eigenvalue weighted by atomic mass is 35.5. The van der Waals surface area contributed by atoms with E-state index in [2.05, 4.69) is 17.2 Å². The highest BCUT2D eigenvalue weighted by molar-refractivity contribution is 6.42. The number of nitrogens with one attached hydrogen (secondary N) is 1. The molecule has 1 N–H and O–H groups in total. The lowest BCUT2D eigenvalue weighted by molar-refractivity contribution is -0.120. The number of amides is 1. The molecule has 1 rings (SSSR count). The van der Waals surface area contributed by atoms with Gasteiger partial charge in [-0.3, -0.25) is 4.79 Å². The Bertz CT molecular complexity index is 448. The summed E-state index contributed by atoms with van der Waals surface area (Å²) in [7, 11) is 0. The molecule has 0 spiro atoms. The molecule has 112 valence electrons. The second-order valence-corrected chi connectivity index (χ2v) is 3.94. The fourth-order valence-corrected chi connectivity index (χ4v) is 1.45. The van der Waals surface area contributed by atoms with Gasteiger partial charge in [0.25, 0.3) is 0 Å². The van der Waals surface area contributed by atoms with E-state index in [0.717, 1.165) is 5.56 Å². The number of benzene rings is 1. The van der Waals surface area contributed by atoms with Crippen LogP contribution in [0.25, 0.3) is 0 Å². The Labute approximate surface area is 132 Å². The third-order valence-corrected chi connectivity index (χ3v) is 2.64. The molecule has 0 fully saturated rings.